The molecule has 0 aliphatic rings. The average molecular weight is 359 g/mol. The molecule has 22 heavy (non-hydrogen) atoms. The molecule has 0 N–H and O–H groups in total. The molecule has 0 radical (unpaired) electrons. The van der Waals surface area contributed by atoms with Gasteiger partial charge in [0.05, 0.1) is 20.0 Å². The minimum atomic E-state index is -0.539. The van der Waals surface area contributed by atoms with Gasteiger partial charge >= 0.3 is 0 Å². The molecule has 0 saturated heterocycles. The molecule has 0 heterocycles. The van der Waals surface area contributed by atoms with Crippen molar-refractivity contribution >= 4 is 40.9 Å². The van der Waals surface area contributed by atoms with Crippen LogP contribution in [0.1, 0.15) is 11.1 Å². The SMILES string of the molecule is O=[N+]([O-])C=Cc1ccc(OCc2ccc(Cl)c(Cl)c2)c(Cl)c1. The van der Waals surface area contributed by atoms with E-state index in [-0.39, 0.29) is 6.61 Å². The first-order valence-electron chi connectivity index (χ1n) is 6.13. The van der Waals surface area contributed by atoms with Crippen LogP contribution in [-0.2, 0) is 6.61 Å². The number of halogens is 3. The third-order valence-electron chi connectivity index (χ3n) is 2.72. The predicted octanol–water partition coefficient (Wildman–Crippen LogP) is 5.47. The Hall–Kier alpha value is -1.75. The number of rotatable bonds is 5. The van der Waals surface area contributed by atoms with Gasteiger partial charge < -0.3 is 4.74 Å². The zero-order chi connectivity index (χ0) is 16.1. The molecule has 0 aromatic heterocycles. The minimum Gasteiger partial charge on any atom is -0.487 e. The van der Waals surface area contributed by atoms with Crippen molar-refractivity contribution in [1.82, 2.24) is 0 Å². The third kappa shape index (κ3) is 4.63. The van der Waals surface area contributed by atoms with Gasteiger partial charge in [0.2, 0.25) is 6.20 Å². The van der Waals surface area contributed by atoms with Crippen LogP contribution in [0.15, 0.2) is 42.6 Å². The summed E-state index contributed by atoms with van der Waals surface area (Å²) in [6, 6.07) is 10.1. The number of ether oxygens (including phenoxy) is 1. The van der Waals surface area contributed by atoms with Gasteiger partial charge in [0, 0.05) is 6.08 Å². The van der Waals surface area contributed by atoms with E-state index in [0.29, 0.717) is 26.4 Å². The van der Waals surface area contributed by atoms with E-state index in [2.05, 4.69) is 0 Å². The first-order valence-corrected chi connectivity index (χ1v) is 7.27. The second-order valence-electron chi connectivity index (χ2n) is 4.33. The Bertz CT molecular complexity index is 732. The molecule has 0 bridgehead atoms. The molecule has 0 fully saturated rings. The number of nitro groups is 1. The summed E-state index contributed by atoms with van der Waals surface area (Å²) in [4.78, 5) is 9.74. The van der Waals surface area contributed by atoms with Crippen LogP contribution < -0.4 is 4.74 Å². The largest absolute Gasteiger partial charge is 0.487 e. The van der Waals surface area contributed by atoms with Crippen LogP contribution in [0.25, 0.3) is 6.08 Å². The topological polar surface area (TPSA) is 52.4 Å². The lowest BCUT2D eigenvalue weighted by Crippen LogP contribution is -1.96. The van der Waals surface area contributed by atoms with Gasteiger partial charge in [0.15, 0.2) is 0 Å². The zero-order valence-corrected chi connectivity index (χ0v) is 13.4. The summed E-state index contributed by atoms with van der Waals surface area (Å²) in [5.74, 6) is 0.478. The molecule has 114 valence electrons. The van der Waals surface area contributed by atoms with Crippen LogP contribution >= 0.6 is 34.8 Å². The number of nitrogens with zero attached hydrogens (tertiary/aromatic N) is 1. The second kappa shape index (κ2) is 7.49. The van der Waals surface area contributed by atoms with Crippen LogP contribution in [0.4, 0.5) is 0 Å². The molecule has 2 aromatic carbocycles. The van der Waals surface area contributed by atoms with Crippen molar-refractivity contribution in [1.29, 1.82) is 0 Å². The number of hydrogen-bond acceptors (Lipinski definition) is 3. The molecule has 0 aliphatic heterocycles. The fourth-order valence-corrected chi connectivity index (χ4v) is 2.24. The highest BCUT2D eigenvalue weighted by molar-refractivity contribution is 6.42. The van der Waals surface area contributed by atoms with Crippen molar-refractivity contribution in [3.8, 4) is 5.75 Å². The second-order valence-corrected chi connectivity index (χ2v) is 5.55. The monoisotopic (exact) mass is 357 g/mol. The molecule has 2 aromatic rings. The predicted molar refractivity (Wildman–Crippen MR) is 88.3 cm³/mol. The normalized spacial score (nSPS) is 10.9. The van der Waals surface area contributed by atoms with Crippen LogP contribution in [0.3, 0.4) is 0 Å². The van der Waals surface area contributed by atoms with E-state index in [1.54, 1.807) is 36.4 Å². The van der Waals surface area contributed by atoms with Crippen molar-refractivity contribution < 1.29 is 9.66 Å². The maximum Gasteiger partial charge on any atom is 0.235 e. The van der Waals surface area contributed by atoms with Gasteiger partial charge in [-0.2, -0.15) is 0 Å². The highest BCUT2D eigenvalue weighted by Crippen LogP contribution is 2.28. The lowest BCUT2D eigenvalue weighted by Gasteiger charge is -2.09. The van der Waals surface area contributed by atoms with E-state index in [0.717, 1.165) is 11.8 Å². The van der Waals surface area contributed by atoms with Gasteiger partial charge in [-0.3, -0.25) is 10.1 Å². The van der Waals surface area contributed by atoms with Gasteiger partial charge in [-0.1, -0.05) is 46.9 Å². The fraction of sp³-hybridized carbons (Fsp3) is 0.0667. The molecule has 0 spiro atoms. The van der Waals surface area contributed by atoms with E-state index in [1.165, 1.54) is 6.08 Å². The first kappa shape index (κ1) is 16.6. The molecular formula is C15H10Cl3NO3. The summed E-state index contributed by atoms with van der Waals surface area (Å²) in [5.41, 5.74) is 1.46. The first-order chi connectivity index (χ1) is 10.5. The Morgan fingerprint density at radius 1 is 1.05 bits per heavy atom. The van der Waals surface area contributed by atoms with E-state index in [9.17, 15) is 10.1 Å². The number of benzene rings is 2. The van der Waals surface area contributed by atoms with Gasteiger partial charge in [0.1, 0.15) is 12.4 Å². The molecule has 0 aliphatic carbocycles. The summed E-state index contributed by atoms with van der Waals surface area (Å²) in [6.07, 6.45) is 2.20. The van der Waals surface area contributed by atoms with Gasteiger partial charge in [-0.05, 0) is 35.4 Å². The molecule has 4 nitrogen and oxygen atoms in total. The van der Waals surface area contributed by atoms with Crippen LogP contribution in [-0.4, -0.2) is 4.92 Å². The Kier molecular flexibility index (Phi) is 5.66. The summed E-state index contributed by atoms with van der Waals surface area (Å²) in [5, 5.41) is 11.6. The van der Waals surface area contributed by atoms with Crippen LogP contribution in [0.5, 0.6) is 5.75 Å². The maximum absolute atomic E-state index is 10.3. The lowest BCUT2D eigenvalue weighted by atomic mass is 10.2. The molecule has 0 atom stereocenters. The fourth-order valence-electron chi connectivity index (χ4n) is 1.68. The summed E-state index contributed by atoms with van der Waals surface area (Å²) < 4.78 is 5.61. The van der Waals surface area contributed by atoms with E-state index >= 15 is 0 Å². The van der Waals surface area contributed by atoms with Crippen molar-refractivity contribution in [2.24, 2.45) is 0 Å². The third-order valence-corrected chi connectivity index (χ3v) is 3.76. The Balaban J connectivity index is 2.06. The smallest absolute Gasteiger partial charge is 0.235 e. The summed E-state index contributed by atoms with van der Waals surface area (Å²) in [6.45, 7) is 0.278. The number of hydrogen-bond donors (Lipinski definition) is 0. The standard InChI is InChI=1S/C15H10Cl3NO3/c16-12-3-1-11(8-13(12)17)9-22-15-4-2-10(7-14(15)18)5-6-19(20)21/h1-8H,9H2. The maximum atomic E-state index is 10.3. The van der Waals surface area contributed by atoms with E-state index in [1.807, 2.05) is 0 Å². The summed E-state index contributed by atoms with van der Waals surface area (Å²) >= 11 is 17.9. The molecule has 0 unspecified atom stereocenters. The Labute approximate surface area is 142 Å². The highest BCUT2D eigenvalue weighted by atomic mass is 35.5. The lowest BCUT2D eigenvalue weighted by molar-refractivity contribution is -0.400. The van der Waals surface area contributed by atoms with Crippen LogP contribution in [0.2, 0.25) is 15.1 Å². The van der Waals surface area contributed by atoms with Crippen molar-refractivity contribution in [2.45, 2.75) is 6.61 Å². The molecular weight excluding hydrogens is 349 g/mol. The Morgan fingerprint density at radius 3 is 2.45 bits per heavy atom. The Morgan fingerprint density at radius 2 is 1.82 bits per heavy atom. The van der Waals surface area contributed by atoms with Crippen molar-refractivity contribution in [3.05, 3.63) is 78.9 Å². The molecule has 2 rings (SSSR count). The minimum absolute atomic E-state index is 0.278. The van der Waals surface area contributed by atoms with Gasteiger partial charge in [-0.25, -0.2) is 0 Å². The van der Waals surface area contributed by atoms with Crippen molar-refractivity contribution in [2.75, 3.05) is 0 Å². The van der Waals surface area contributed by atoms with E-state index < -0.39 is 4.92 Å². The van der Waals surface area contributed by atoms with Gasteiger partial charge in [0.25, 0.3) is 0 Å². The van der Waals surface area contributed by atoms with Crippen molar-refractivity contribution in [3.63, 3.8) is 0 Å². The molecule has 0 saturated carbocycles. The van der Waals surface area contributed by atoms with E-state index in [4.69, 9.17) is 39.5 Å². The van der Waals surface area contributed by atoms with Gasteiger partial charge in [-0.15, -0.1) is 0 Å². The zero-order valence-electron chi connectivity index (χ0n) is 11.1. The summed E-state index contributed by atoms with van der Waals surface area (Å²) in [7, 11) is 0. The molecule has 7 heteroatoms. The quantitative estimate of drug-likeness (QED) is 0.526. The van der Waals surface area contributed by atoms with Crippen LogP contribution in [0, 0.1) is 10.1 Å². The molecule has 0 amide bonds. The average Bonchev–Trinajstić information content (AvgIpc) is 2.47. The highest BCUT2D eigenvalue weighted by Gasteiger charge is 2.05.